The molecule has 0 aromatic rings. The average Bonchev–Trinajstić information content (AvgIpc) is 2.95. The monoisotopic (exact) mass is 197 g/mol. The Labute approximate surface area is 89.7 Å². The van der Waals surface area contributed by atoms with Gasteiger partial charge in [0, 0.05) is 12.6 Å². The first-order valence-corrected chi connectivity index (χ1v) is 6.35. The minimum atomic E-state index is 0.566. The summed E-state index contributed by atoms with van der Waals surface area (Å²) >= 11 is 0. The minimum absolute atomic E-state index is 0.566. The SMILES string of the molecule is CCC(CC)(CNC1CC1)CC(C)C. The first-order valence-electron chi connectivity index (χ1n) is 6.35. The molecule has 0 aromatic heterocycles. The molecule has 1 nitrogen and oxygen atoms in total. The van der Waals surface area contributed by atoms with Crippen LogP contribution in [0, 0.1) is 11.3 Å². The van der Waals surface area contributed by atoms with Gasteiger partial charge in [-0.3, -0.25) is 0 Å². The summed E-state index contributed by atoms with van der Waals surface area (Å²) in [5.41, 5.74) is 0.566. The van der Waals surface area contributed by atoms with Gasteiger partial charge in [0.2, 0.25) is 0 Å². The lowest BCUT2D eigenvalue weighted by Crippen LogP contribution is -2.35. The van der Waals surface area contributed by atoms with Gasteiger partial charge in [0.05, 0.1) is 0 Å². The largest absolute Gasteiger partial charge is 0.313 e. The van der Waals surface area contributed by atoms with Crippen molar-refractivity contribution in [3.63, 3.8) is 0 Å². The van der Waals surface area contributed by atoms with Crippen LogP contribution >= 0.6 is 0 Å². The van der Waals surface area contributed by atoms with Gasteiger partial charge in [-0.2, -0.15) is 0 Å². The lowest BCUT2D eigenvalue weighted by molar-refractivity contribution is 0.198. The Bertz CT molecular complexity index is 155. The molecule has 0 aromatic carbocycles. The van der Waals surface area contributed by atoms with Crippen molar-refractivity contribution >= 4 is 0 Å². The van der Waals surface area contributed by atoms with E-state index in [4.69, 9.17) is 0 Å². The summed E-state index contributed by atoms with van der Waals surface area (Å²) in [5.74, 6) is 0.830. The maximum Gasteiger partial charge on any atom is 0.00684 e. The average molecular weight is 197 g/mol. The molecule has 0 radical (unpaired) electrons. The van der Waals surface area contributed by atoms with Crippen molar-refractivity contribution in [1.82, 2.24) is 5.32 Å². The second-order valence-electron chi connectivity index (χ2n) is 5.46. The van der Waals surface area contributed by atoms with E-state index in [0.717, 1.165) is 12.0 Å². The molecule has 0 bridgehead atoms. The summed E-state index contributed by atoms with van der Waals surface area (Å²) in [6, 6.07) is 0.861. The molecular weight excluding hydrogens is 170 g/mol. The zero-order valence-electron chi connectivity index (χ0n) is 10.4. The highest BCUT2D eigenvalue weighted by Gasteiger charge is 2.30. The fourth-order valence-electron chi connectivity index (χ4n) is 2.38. The van der Waals surface area contributed by atoms with Crippen molar-refractivity contribution in [2.75, 3.05) is 6.54 Å². The summed E-state index contributed by atoms with van der Waals surface area (Å²) < 4.78 is 0. The van der Waals surface area contributed by atoms with Gasteiger partial charge in [0.1, 0.15) is 0 Å². The number of hydrogen-bond acceptors (Lipinski definition) is 1. The molecule has 1 fully saturated rings. The highest BCUT2D eigenvalue weighted by molar-refractivity contribution is 4.87. The van der Waals surface area contributed by atoms with E-state index in [1.807, 2.05) is 0 Å². The molecule has 0 spiro atoms. The molecule has 0 unspecified atom stereocenters. The lowest BCUT2D eigenvalue weighted by atomic mass is 9.75. The van der Waals surface area contributed by atoms with E-state index in [9.17, 15) is 0 Å². The Hall–Kier alpha value is -0.0400. The van der Waals surface area contributed by atoms with Crippen LogP contribution in [0.2, 0.25) is 0 Å². The minimum Gasteiger partial charge on any atom is -0.313 e. The second-order valence-corrected chi connectivity index (χ2v) is 5.46. The number of nitrogens with one attached hydrogen (secondary N) is 1. The molecule has 1 N–H and O–H groups in total. The summed E-state index contributed by atoms with van der Waals surface area (Å²) in [5, 5.41) is 3.70. The lowest BCUT2D eigenvalue weighted by Gasteiger charge is -2.34. The van der Waals surface area contributed by atoms with Crippen molar-refractivity contribution in [3.8, 4) is 0 Å². The predicted octanol–water partition coefficient (Wildman–Crippen LogP) is 3.59. The summed E-state index contributed by atoms with van der Waals surface area (Å²) in [4.78, 5) is 0. The fraction of sp³-hybridized carbons (Fsp3) is 1.00. The van der Waals surface area contributed by atoms with E-state index in [1.165, 1.54) is 38.6 Å². The van der Waals surface area contributed by atoms with Crippen LogP contribution in [0.1, 0.15) is 59.8 Å². The third kappa shape index (κ3) is 3.61. The van der Waals surface area contributed by atoms with Crippen LogP contribution in [0.4, 0.5) is 0 Å². The molecular formula is C13H27N. The van der Waals surface area contributed by atoms with Crippen molar-refractivity contribution in [2.45, 2.75) is 65.8 Å². The molecule has 84 valence electrons. The zero-order chi connectivity index (χ0) is 10.6. The molecule has 1 saturated carbocycles. The van der Waals surface area contributed by atoms with Crippen LogP contribution in [0.5, 0.6) is 0 Å². The molecule has 0 aliphatic heterocycles. The smallest absolute Gasteiger partial charge is 0.00684 e. The first-order chi connectivity index (χ1) is 6.62. The van der Waals surface area contributed by atoms with Crippen LogP contribution in [0.15, 0.2) is 0 Å². The highest BCUT2D eigenvalue weighted by Crippen LogP contribution is 2.34. The van der Waals surface area contributed by atoms with E-state index in [-0.39, 0.29) is 0 Å². The number of hydrogen-bond donors (Lipinski definition) is 1. The maximum atomic E-state index is 3.70. The Morgan fingerprint density at radius 2 is 1.79 bits per heavy atom. The summed E-state index contributed by atoms with van der Waals surface area (Å²) in [6.45, 7) is 10.6. The molecule has 0 saturated heterocycles. The van der Waals surface area contributed by atoms with Crippen molar-refractivity contribution in [1.29, 1.82) is 0 Å². The maximum absolute atomic E-state index is 3.70. The van der Waals surface area contributed by atoms with Gasteiger partial charge in [-0.15, -0.1) is 0 Å². The Balaban J connectivity index is 2.39. The van der Waals surface area contributed by atoms with Crippen molar-refractivity contribution < 1.29 is 0 Å². The van der Waals surface area contributed by atoms with Gasteiger partial charge in [-0.25, -0.2) is 0 Å². The van der Waals surface area contributed by atoms with Gasteiger partial charge in [-0.1, -0.05) is 27.7 Å². The molecule has 1 aliphatic carbocycles. The molecule has 1 heteroatoms. The van der Waals surface area contributed by atoms with Crippen LogP contribution in [0.25, 0.3) is 0 Å². The Kier molecular flexibility index (Phi) is 4.43. The van der Waals surface area contributed by atoms with Crippen LogP contribution < -0.4 is 5.32 Å². The van der Waals surface area contributed by atoms with E-state index in [0.29, 0.717) is 5.41 Å². The number of rotatable bonds is 7. The van der Waals surface area contributed by atoms with Crippen LogP contribution in [-0.4, -0.2) is 12.6 Å². The van der Waals surface area contributed by atoms with Gasteiger partial charge in [-0.05, 0) is 43.4 Å². The van der Waals surface area contributed by atoms with Gasteiger partial charge in [0.15, 0.2) is 0 Å². The molecule has 1 rings (SSSR count). The molecule has 0 atom stereocenters. The summed E-state index contributed by atoms with van der Waals surface area (Å²) in [6.07, 6.45) is 6.83. The second kappa shape index (κ2) is 5.16. The Morgan fingerprint density at radius 1 is 1.21 bits per heavy atom. The molecule has 0 amide bonds. The third-order valence-corrected chi connectivity index (χ3v) is 3.68. The summed E-state index contributed by atoms with van der Waals surface area (Å²) in [7, 11) is 0. The first kappa shape index (κ1) is 12.0. The van der Waals surface area contributed by atoms with Gasteiger partial charge >= 0.3 is 0 Å². The fourth-order valence-corrected chi connectivity index (χ4v) is 2.38. The topological polar surface area (TPSA) is 12.0 Å². The van der Waals surface area contributed by atoms with Crippen molar-refractivity contribution in [2.24, 2.45) is 11.3 Å². The van der Waals surface area contributed by atoms with E-state index in [2.05, 4.69) is 33.0 Å². The Morgan fingerprint density at radius 3 is 2.14 bits per heavy atom. The van der Waals surface area contributed by atoms with E-state index >= 15 is 0 Å². The van der Waals surface area contributed by atoms with Gasteiger partial charge < -0.3 is 5.32 Å². The molecule has 1 aliphatic rings. The zero-order valence-corrected chi connectivity index (χ0v) is 10.4. The van der Waals surface area contributed by atoms with Gasteiger partial charge in [0.25, 0.3) is 0 Å². The highest BCUT2D eigenvalue weighted by atomic mass is 15.0. The van der Waals surface area contributed by atoms with E-state index < -0.39 is 0 Å². The van der Waals surface area contributed by atoms with Crippen molar-refractivity contribution in [3.05, 3.63) is 0 Å². The molecule has 14 heavy (non-hydrogen) atoms. The van der Waals surface area contributed by atoms with Crippen LogP contribution in [0.3, 0.4) is 0 Å². The predicted molar refractivity (Wildman–Crippen MR) is 63.5 cm³/mol. The third-order valence-electron chi connectivity index (χ3n) is 3.68. The standard InChI is InChI=1S/C13H27N/c1-5-13(6-2,9-11(3)4)10-14-12-7-8-12/h11-12,14H,5-10H2,1-4H3. The quantitative estimate of drug-likeness (QED) is 0.657. The molecule has 0 heterocycles. The normalized spacial score (nSPS) is 17.8. The van der Waals surface area contributed by atoms with E-state index in [1.54, 1.807) is 0 Å². The van der Waals surface area contributed by atoms with Crippen LogP contribution in [-0.2, 0) is 0 Å².